The van der Waals surface area contributed by atoms with Crippen molar-refractivity contribution in [3.63, 3.8) is 0 Å². The molecule has 0 aliphatic carbocycles. The molecule has 0 aromatic rings. The fourth-order valence-electron chi connectivity index (χ4n) is 0.814. The van der Waals surface area contributed by atoms with Crippen LogP contribution < -0.4 is 0 Å². The summed E-state index contributed by atoms with van der Waals surface area (Å²) in [4.78, 5) is 0. The van der Waals surface area contributed by atoms with Gasteiger partial charge in [0, 0.05) is 6.42 Å². The van der Waals surface area contributed by atoms with E-state index in [1.807, 2.05) is 0 Å². The largest absolute Gasteiger partial charge is 0.484 e. The van der Waals surface area contributed by atoms with Gasteiger partial charge in [-0.3, -0.25) is 5.41 Å². The molecule has 0 amide bonds. The van der Waals surface area contributed by atoms with Crippen LogP contribution in [0.1, 0.15) is 39.0 Å². The average Bonchev–Trinajstić information content (AvgIpc) is 1.98. The molecule has 0 saturated heterocycles. The number of methoxy groups -OCH3 is 1. The Bertz CT molecular complexity index is 91.3. The van der Waals surface area contributed by atoms with Crippen molar-refractivity contribution in [1.82, 2.24) is 0 Å². The molecule has 0 aliphatic rings. The zero-order valence-corrected chi connectivity index (χ0v) is 6.94. The fourth-order valence-corrected chi connectivity index (χ4v) is 0.814. The maximum atomic E-state index is 7.15. The predicted molar refractivity (Wildman–Crippen MR) is 43.5 cm³/mol. The Balaban J connectivity index is 2.96. The van der Waals surface area contributed by atoms with Crippen LogP contribution >= 0.6 is 0 Å². The van der Waals surface area contributed by atoms with Crippen molar-refractivity contribution < 1.29 is 4.74 Å². The number of nitrogens with one attached hydrogen (secondary N) is 1. The first-order valence-corrected chi connectivity index (χ1v) is 3.92. The second-order valence-electron chi connectivity index (χ2n) is 2.44. The van der Waals surface area contributed by atoms with Gasteiger partial charge in [0.15, 0.2) is 5.90 Å². The Morgan fingerprint density at radius 3 is 2.50 bits per heavy atom. The molecule has 2 nitrogen and oxygen atoms in total. The van der Waals surface area contributed by atoms with Gasteiger partial charge in [0.25, 0.3) is 0 Å². The van der Waals surface area contributed by atoms with E-state index in [9.17, 15) is 0 Å². The summed E-state index contributed by atoms with van der Waals surface area (Å²) in [5, 5.41) is 7.15. The Morgan fingerprint density at radius 2 is 2.00 bits per heavy atom. The van der Waals surface area contributed by atoms with Gasteiger partial charge in [-0.1, -0.05) is 26.2 Å². The third kappa shape index (κ3) is 5.60. The van der Waals surface area contributed by atoms with Crippen LogP contribution in [0.25, 0.3) is 0 Å². The smallest absolute Gasteiger partial charge is 0.180 e. The van der Waals surface area contributed by atoms with E-state index in [0.717, 1.165) is 12.8 Å². The standard InChI is InChI=1S/C8H17NO/c1-3-4-5-6-7-8(9)10-2/h9H,3-7H2,1-2H3. The summed E-state index contributed by atoms with van der Waals surface area (Å²) in [7, 11) is 1.56. The molecule has 0 fully saturated rings. The zero-order valence-electron chi connectivity index (χ0n) is 6.94. The summed E-state index contributed by atoms with van der Waals surface area (Å²) in [5.41, 5.74) is 0. The fraction of sp³-hybridized carbons (Fsp3) is 0.875. The molecule has 0 atom stereocenters. The van der Waals surface area contributed by atoms with E-state index in [0.29, 0.717) is 5.90 Å². The normalized spacial score (nSPS) is 9.40. The van der Waals surface area contributed by atoms with Crippen LogP contribution in [0.4, 0.5) is 0 Å². The third-order valence-electron chi connectivity index (χ3n) is 1.50. The highest BCUT2D eigenvalue weighted by Gasteiger charge is 1.93. The molecule has 0 rings (SSSR count). The number of hydrogen-bond acceptors (Lipinski definition) is 2. The maximum absolute atomic E-state index is 7.15. The molecular weight excluding hydrogens is 126 g/mol. The van der Waals surface area contributed by atoms with Crippen LogP contribution in [0.5, 0.6) is 0 Å². The zero-order chi connectivity index (χ0) is 7.82. The lowest BCUT2D eigenvalue weighted by Crippen LogP contribution is -1.97. The number of ether oxygens (including phenoxy) is 1. The number of unbranched alkanes of at least 4 members (excludes halogenated alkanes) is 3. The predicted octanol–water partition coefficient (Wildman–Crippen LogP) is 2.58. The lowest BCUT2D eigenvalue weighted by molar-refractivity contribution is 0.383. The second-order valence-corrected chi connectivity index (χ2v) is 2.44. The van der Waals surface area contributed by atoms with Crippen molar-refractivity contribution >= 4 is 5.90 Å². The summed E-state index contributed by atoms with van der Waals surface area (Å²) in [5.74, 6) is 0.413. The first-order valence-electron chi connectivity index (χ1n) is 3.92. The van der Waals surface area contributed by atoms with Gasteiger partial charge in [-0.2, -0.15) is 0 Å². The molecule has 0 aromatic carbocycles. The van der Waals surface area contributed by atoms with Gasteiger partial charge in [0.1, 0.15) is 0 Å². The van der Waals surface area contributed by atoms with Gasteiger partial charge >= 0.3 is 0 Å². The van der Waals surface area contributed by atoms with Gasteiger partial charge in [0.05, 0.1) is 7.11 Å². The van der Waals surface area contributed by atoms with Gasteiger partial charge in [-0.25, -0.2) is 0 Å². The minimum Gasteiger partial charge on any atom is -0.484 e. The Hall–Kier alpha value is -0.530. The van der Waals surface area contributed by atoms with E-state index in [-0.39, 0.29) is 0 Å². The molecule has 0 bridgehead atoms. The van der Waals surface area contributed by atoms with E-state index in [4.69, 9.17) is 10.1 Å². The highest BCUT2D eigenvalue weighted by atomic mass is 16.5. The molecule has 0 saturated carbocycles. The molecule has 0 heterocycles. The lowest BCUT2D eigenvalue weighted by Gasteiger charge is -2.00. The molecule has 0 radical (unpaired) electrons. The topological polar surface area (TPSA) is 33.1 Å². The van der Waals surface area contributed by atoms with Gasteiger partial charge in [0.2, 0.25) is 0 Å². The molecule has 0 aliphatic heterocycles. The SMILES string of the molecule is CCCCCCC(=N)OC. The van der Waals surface area contributed by atoms with E-state index in [1.165, 1.54) is 19.3 Å². The molecule has 0 aromatic heterocycles. The van der Waals surface area contributed by atoms with E-state index in [2.05, 4.69) is 6.92 Å². The minimum absolute atomic E-state index is 0.413. The van der Waals surface area contributed by atoms with Crippen molar-refractivity contribution in [2.24, 2.45) is 0 Å². The van der Waals surface area contributed by atoms with Crippen LogP contribution in [-0.2, 0) is 4.74 Å². The molecular formula is C8H17NO. The molecule has 60 valence electrons. The summed E-state index contributed by atoms with van der Waals surface area (Å²) in [6.45, 7) is 2.18. The number of rotatable bonds is 5. The first-order chi connectivity index (χ1) is 4.81. The summed E-state index contributed by atoms with van der Waals surface area (Å²) < 4.78 is 4.71. The minimum atomic E-state index is 0.413. The lowest BCUT2D eigenvalue weighted by atomic mass is 10.1. The van der Waals surface area contributed by atoms with Crippen LogP contribution in [0.15, 0.2) is 0 Å². The maximum Gasteiger partial charge on any atom is 0.180 e. The van der Waals surface area contributed by atoms with E-state index < -0.39 is 0 Å². The van der Waals surface area contributed by atoms with Crippen molar-refractivity contribution in [2.75, 3.05) is 7.11 Å². The quantitative estimate of drug-likeness (QED) is 0.358. The average molecular weight is 143 g/mol. The number of hydrogen-bond donors (Lipinski definition) is 1. The molecule has 1 N–H and O–H groups in total. The van der Waals surface area contributed by atoms with Crippen LogP contribution in [0.3, 0.4) is 0 Å². The molecule has 2 heteroatoms. The monoisotopic (exact) mass is 143 g/mol. The third-order valence-corrected chi connectivity index (χ3v) is 1.50. The van der Waals surface area contributed by atoms with Gasteiger partial charge < -0.3 is 4.74 Å². The van der Waals surface area contributed by atoms with Gasteiger partial charge in [-0.05, 0) is 6.42 Å². The van der Waals surface area contributed by atoms with Crippen molar-refractivity contribution in [3.8, 4) is 0 Å². The Kier molecular flexibility index (Phi) is 6.24. The first kappa shape index (κ1) is 9.47. The van der Waals surface area contributed by atoms with Crippen molar-refractivity contribution in [3.05, 3.63) is 0 Å². The highest BCUT2D eigenvalue weighted by molar-refractivity contribution is 5.72. The van der Waals surface area contributed by atoms with Crippen LogP contribution in [0, 0.1) is 5.41 Å². The van der Waals surface area contributed by atoms with Crippen LogP contribution in [0.2, 0.25) is 0 Å². The van der Waals surface area contributed by atoms with Gasteiger partial charge in [-0.15, -0.1) is 0 Å². The molecule has 10 heavy (non-hydrogen) atoms. The summed E-state index contributed by atoms with van der Waals surface area (Å²) in [6.07, 6.45) is 5.65. The van der Waals surface area contributed by atoms with Crippen molar-refractivity contribution in [2.45, 2.75) is 39.0 Å². The summed E-state index contributed by atoms with van der Waals surface area (Å²) >= 11 is 0. The molecule has 0 spiro atoms. The van der Waals surface area contributed by atoms with E-state index >= 15 is 0 Å². The van der Waals surface area contributed by atoms with Crippen molar-refractivity contribution in [1.29, 1.82) is 5.41 Å². The second kappa shape index (κ2) is 6.59. The highest BCUT2D eigenvalue weighted by Crippen LogP contribution is 2.02. The Morgan fingerprint density at radius 1 is 1.30 bits per heavy atom. The van der Waals surface area contributed by atoms with Crippen LogP contribution in [-0.4, -0.2) is 13.0 Å². The van der Waals surface area contributed by atoms with E-state index in [1.54, 1.807) is 7.11 Å². The summed E-state index contributed by atoms with van der Waals surface area (Å²) in [6, 6.07) is 0. The Labute approximate surface area is 63.1 Å². The molecule has 0 unspecified atom stereocenters.